The van der Waals surface area contributed by atoms with E-state index < -0.39 is 9.84 Å². The van der Waals surface area contributed by atoms with Crippen LogP contribution in [-0.2, 0) is 9.84 Å². The second-order valence-electron chi connectivity index (χ2n) is 4.59. The Morgan fingerprint density at radius 1 is 1.00 bits per heavy atom. The molecule has 108 valence electrons. The zero-order valence-electron chi connectivity index (χ0n) is 10.9. The van der Waals surface area contributed by atoms with Crippen LogP contribution in [-0.4, -0.2) is 39.9 Å². The molecule has 0 radical (unpaired) electrons. The Hall–Kier alpha value is -2.61. The molecule has 0 spiro atoms. The van der Waals surface area contributed by atoms with E-state index in [1.165, 1.54) is 35.1 Å². The molecule has 1 heterocycles. The lowest BCUT2D eigenvalue weighted by molar-refractivity contribution is 0.446. The maximum atomic E-state index is 11.5. The lowest BCUT2D eigenvalue weighted by Gasteiger charge is -2.02. The molecule has 0 saturated carbocycles. The minimum atomic E-state index is -3.32. The fraction of sp³-hybridized carbons (Fsp3) is 0.0769. The molecule has 3 aromatic rings. The summed E-state index contributed by atoms with van der Waals surface area (Å²) in [5, 5.41) is 27.4. The fourth-order valence-corrected chi connectivity index (χ4v) is 2.55. The van der Waals surface area contributed by atoms with Crippen LogP contribution in [0.15, 0.2) is 41.3 Å². The first-order chi connectivity index (χ1) is 9.84. The summed E-state index contributed by atoms with van der Waals surface area (Å²) in [4.78, 5) is 1.34. The molecule has 2 N–H and O–H groups in total. The second kappa shape index (κ2) is 4.45. The number of phenolic OH excluding ortho intramolecular Hbond substituents is 2. The smallest absolute Gasteiger partial charge is 0.175 e. The number of aromatic hydroxyl groups is 2. The van der Waals surface area contributed by atoms with Gasteiger partial charge in [-0.1, -0.05) is 0 Å². The normalized spacial score (nSPS) is 11.9. The van der Waals surface area contributed by atoms with E-state index in [0.717, 1.165) is 6.26 Å². The van der Waals surface area contributed by atoms with Gasteiger partial charge in [-0.3, -0.25) is 0 Å². The zero-order chi connectivity index (χ0) is 15.2. The molecule has 0 amide bonds. The molecule has 0 bridgehead atoms. The van der Waals surface area contributed by atoms with E-state index >= 15 is 0 Å². The van der Waals surface area contributed by atoms with Gasteiger partial charge in [0, 0.05) is 12.3 Å². The summed E-state index contributed by atoms with van der Waals surface area (Å²) in [5.41, 5.74) is 1.17. The molecule has 2 aromatic carbocycles. The van der Waals surface area contributed by atoms with Crippen molar-refractivity contribution in [3.8, 4) is 17.2 Å². The van der Waals surface area contributed by atoms with Gasteiger partial charge in [-0.15, -0.1) is 15.0 Å². The number of nitrogens with zero attached hydrogens (tertiary/aromatic N) is 3. The third kappa shape index (κ3) is 2.40. The number of benzene rings is 2. The van der Waals surface area contributed by atoms with E-state index in [2.05, 4.69) is 10.2 Å². The first-order valence-electron chi connectivity index (χ1n) is 5.94. The monoisotopic (exact) mass is 305 g/mol. The van der Waals surface area contributed by atoms with Crippen LogP contribution in [0.1, 0.15) is 0 Å². The van der Waals surface area contributed by atoms with Gasteiger partial charge in [0.1, 0.15) is 28.2 Å². The van der Waals surface area contributed by atoms with Crippen molar-refractivity contribution in [1.82, 2.24) is 15.0 Å². The zero-order valence-corrected chi connectivity index (χ0v) is 11.7. The standard InChI is InChI=1S/C13H11N3O4S/c1-21(19,20)9-3-4-10-11(7-9)15-16(14-10)12-5-2-8(17)6-13(12)18/h2-7,17-18H,1H3. The van der Waals surface area contributed by atoms with E-state index in [1.807, 2.05) is 0 Å². The molecule has 0 aliphatic carbocycles. The lowest BCUT2D eigenvalue weighted by Crippen LogP contribution is -1.98. The van der Waals surface area contributed by atoms with Gasteiger partial charge in [0.05, 0.1) is 4.90 Å². The molecule has 0 saturated heterocycles. The number of rotatable bonds is 2. The van der Waals surface area contributed by atoms with Crippen LogP contribution in [0, 0.1) is 0 Å². The summed E-state index contributed by atoms with van der Waals surface area (Å²) in [6.45, 7) is 0. The highest BCUT2D eigenvalue weighted by atomic mass is 32.2. The van der Waals surface area contributed by atoms with Crippen LogP contribution in [0.4, 0.5) is 0 Å². The molecule has 0 fully saturated rings. The maximum absolute atomic E-state index is 11.5. The molecule has 0 aliphatic heterocycles. The van der Waals surface area contributed by atoms with Crippen molar-refractivity contribution in [1.29, 1.82) is 0 Å². The molecule has 3 rings (SSSR count). The number of aromatic nitrogens is 3. The molecule has 8 heteroatoms. The molecular weight excluding hydrogens is 294 g/mol. The van der Waals surface area contributed by atoms with Crippen LogP contribution in [0.25, 0.3) is 16.7 Å². The van der Waals surface area contributed by atoms with Gasteiger partial charge in [0.15, 0.2) is 9.84 Å². The van der Waals surface area contributed by atoms with Crippen LogP contribution in [0.5, 0.6) is 11.5 Å². The van der Waals surface area contributed by atoms with Gasteiger partial charge in [0.25, 0.3) is 0 Å². The van der Waals surface area contributed by atoms with Gasteiger partial charge < -0.3 is 10.2 Å². The Morgan fingerprint density at radius 2 is 1.71 bits per heavy atom. The van der Waals surface area contributed by atoms with Crippen molar-refractivity contribution in [2.45, 2.75) is 4.90 Å². The van der Waals surface area contributed by atoms with Crippen LogP contribution in [0.3, 0.4) is 0 Å². The third-order valence-corrected chi connectivity index (χ3v) is 4.06. The van der Waals surface area contributed by atoms with E-state index in [9.17, 15) is 18.6 Å². The summed E-state index contributed by atoms with van der Waals surface area (Å²) in [6.07, 6.45) is 1.12. The quantitative estimate of drug-likeness (QED) is 0.738. The fourth-order valence-electron chi connectivity index (χ4n) is 1.91. The van der Waals surface area contributed by atoms with Crippen LogP contribution < -0.4 is 0 Å². The van der Waals surface area contributed by atoms with Crippen molar-refractivity contribution in [3.63, 3.8) is 0 Å². The Labute approximate surface area is 120 Å². The van der Waals surface area contributed by atoms with Crippen molar-refractivity contribution in [2.75, 3.05) is 6.26 Å². The highest BCUT2D eigenvalue weighted by molar-refractivity contribution is 7.90. The molecule has 0 unspecified atom stereocenters. The Balaban J connectivity index is 2.17. The number of sulfone groups is 1. The van der Waals surface area contributed by atoms with Crippen LogP contribution >= 0.6 is 0 Å². The first-order valence-corrected chi connectivity index (χ1v) is 7.83. The van der Waals surface area contributed by atoms with E-state index in [-0.39, 0.29) is 22.1 Å². The third-order valence-electron chi connectivity index (χ3n) is 2.95. The SMILES string of the molecule is CS(=O)(=O)c1ccc2nn(-c3ccc(O)cc3O)nc2c1. The second-order valence-corrected chi connectivity index (χ2v) is 6.60. The average molecular weight is 305 g/mol. The summed E-state index contributed by atoms with van der Waals surface area (Å²) in [7, 11) is -3.32. The summed E-state index contributed by atoms with van der Waals surface area (Å²) in [6, 6.07) is 8.45. The number of fused-ring (bicyclic) bond motifs is 1. The topological polar surface area (TPSA) is 105 Å². The summed E-state index contributed by atoms with van der Waals surface area (Å²) >= 11 is 0. The highest BCUT2D eigenvalue weighted by Gasteiger charge is 2.13. The van der Waals surface area contributed by atoms with Gasteiger partial charge in [-0.05, 0) is 30.3 Å². The predicted octanol–water partition coefficient (Wildman–Crippen LogP) is 1.24. The average Bonchev–Trinajstić information content (AvgIpc) is 2.79. The Kier molecular flexibility index (Phi) is 2.84. The largest absolute Gasteiger partial charge is 0.508 e. The lowest BCUT2D eigenvalue weighted by atomic mass is 10.3. The van der Waals surface area contributed by atoms with Gasteiger partial charge >= 0.3 is 0 Å². The first kappa shape index (κ1) is 13.4. The number of hydrogen-bond acceptors (Lipinski definition) is 6. The van der Waals surface area contributed by atoms with E-state index in [0.29, 0.717) is 11.0 Å². The minimum Gasteiger partial charge on any atom is -0.508 e. The van der Waals surface area contributed by atoms with Crippen molar-refractivity contribution in [3.05, 3.63) is 36.4 Å². The minimum absolute atomic E-state index is 0.0766. The van der Waals surface area contributed by atoms with Crippen molar-refractivity contribution < 1.29 is 18.6 Å². The van der Waals surface area contributed by atoms with Gasteiger partial charge in [-0.2, -0.15) is 0 Å². The molecule has 7 nitrogen and oxygen atoms in total. The van der Waals surface area contributed by atoms with Crippen LogP contribution in [0.2, 0.25) is 0 Å². The molecular formula is C13H11N3O4S. The van der Waals surface area contributed by atoms with E-state index in [1.54, 1.807) is 6.07 Å². The number of phenols is 2. The molecule has 21 heavy (non-hydrogen) atoms. The van der Waals surface area contributed by atoms with Crippen molar-refractivity contribution in [2.24, 2.45) is 0 Å². The highest BCUT2D eigenvalue weighted by Crippen LogP contribution is 2.26. The Morgan fingerprint density at radius 3 is 2.38 bits per heavy atom. The molecule has 1 aromatic heterocycles. The molecule has 0 atom stereocenters. The number of hydrogen-bond donors (Lipinski definition) is 2. The summed E-state index contributed by atoms with van der Waals surface area (Å²) in [5.74, 6) is -0.258. The maximum Gasteiger partial charge on any atom is 0.175 e. The summed E-state index contributed by atoms with van der Waals surface area (Å²) < 4.78 is 23.0. The van der Waals surface area contributed by atoms with Crippen molar-refractivity contribution >= 4 is 20.9 Å². The van der Waals surface area contributed by atoms with Gasteiger partial charge in [0.2, 0.25) is 0 Å². The van der Waals surface area contributed by atoms with E-state index in [4.69, 9.17) is 0 Å². The molecule has 0 aliphatic rings. The van der Waals surface area contributed by atoms with Gasteiger partial charge in [-0.25, -0.2) is 8.42 Å². The predicted molar refractivity (Wildman–Crippen MR) is 75.3 cm³/mol. The Bertz CT molecular complexity index is 947.